The molecule has 0 bridgehead atoms. The number of amides is 3. The second kappa shape index (κ2) is 6.72. The number of nitrogens with one attached hydrogen (secondary N) is 1. The van der Waals surface area contributed by atoms with Gasteiger partial charge in [0, 0.05) is 0 Å². The summed E-state index contributed by atoms with van der Waals surface area (Å²) in [5.41, 5.74) is 0.658. The fourth-order valence-corrected chi connectivity index (χ4v) is 3.49. The van der Waals surface area contributed by atoms with Crippen molar-refractivity contribution < 1.29 is 14.4 Å². The van der Waals surface area contributed by atoms with Gasteiger partial charge in [-0.3, -0.25) is 24.6 Å². The summed E-state index contributed by atoms with van der Waals surface area (Å²) in [4.78, 5) is 39.1. The van der Waals surface area contributed by atoms with Crippen molar-refractivity contribution in [3.8, 4) is 0 Å². The van der Waals surface area contributed by atoms with Crippen LogP contribution in [-0.4, -0.2) is 38.9 Å². The fourth-order valence-electron chi connectivity index (χ4n) is 2.80. The summed E-state index contributed by atoms with van der Waals surface area (Å²) in [5.74, 6) is -1.58. The summed E-state index contributed by atoms with van der Waals surface area (Å²) in [7, 11) is 0. The van der Waals surface area contributed by atoms with Gasteiger partial charge in [0.2, 0.25) is 11.0 Å². The number of imide groups is 1. The molecule has 1 aromatic heterocycles. The molecule has 2 aromatic rings. The highest BCUT2D eigenvalue weighted by Gasteiger charge is 2.44. The molecule has 1 aliphatic heterocycles. The average molecular weight is 358 g/mol. The summed E-state index contributed by atoms with van der Waals surface area (Å²) >= 11 is 1.28. The molecule has 0 radical (unpaired) electrons. The van der Waals surface area contributed by atoms with Gasteiger partial charge in [0.25, 0.3) is 11.8 Å². The number of rotatable bonds is 5. The van der Waals surface area contributed by atoms with Gasteiger partial charge in [0.15, 0.2) is 0 Å². The van der Waals surface area contributed by atoms with Gasteiger partial charge in [0.1, 0.15) is 11.0 Å². The molecule has 7 nitrogen and oxygen atoms in total. The predicted molar refractivity (Wildman–Crippen MR) is 93.5 cm³/mol. The van der Waals surface area contributed by atoms with Gasteiger partial charge in [-0.05, 0) is 24.5 Å². The minimum atomic E-state index is -0.915. The van der Waals surface area contributed by atoms with Crippen LogP contribution in [0.25, 0.3) is 0 Å². The molecule has 1 aromatic carbocycles. The van der Waals surface area contributed by atoms with Crippen molar-refractivity contribution in [3.05, 3.63) is 40.4 Å². The summed E-state index contributed by atoms with van der Waals surface area (Å²) in [6.07, 6.45) is 0.722. The van der Waals surface area contributed by atoms with E-state index in [0.29, 0.717) is 16.3 Å². The van der Waals surface area contributed by atoms with Crippen molar-refractivity contribution in [2.75, 3.05) is 5.32 Å². The number of anilines is 1. The quantitative estimate of drug-likeness (QED) is 0.828. The number of benzene rings is 1. The normalized spacial score (nSPS) is 14.8. The standard InChI is InChI=1S/C17H18N4O3S/c1-4-12-19-20-17(25-12)18-14(22)13(9(2)3)21-15(23)10-7-5-6-8-11(10)16(21)24/h5-9,13H,4H2,1-3H3,(H,18,20,22). The highest BCUT2D eigenvalue weighted by Crippen LogP contribution is 2.28. The summed E-state index contributed by atoms with van der Waals surface area (Å²) in [6, 6.07) is 5.69. The van der Waals surface area contributed by atoms with Crippen LogP contribution in [0.5, 0.6) is 0 Å². The van der Waals surface area contributed by atoms with E-state index in [2.05, 4.69) is 15.5 Å². The second-order valence-electron chi connectivity index (χ2n) is 6.06. The molecule has 0 aliphatic carbocycles. The molecule has 0 saturated carbocycles. The Balaban J connectivity index is 1.88. The van der Waals surface area contributed by atoms with Gasteiger partial charge < -0.3 is 0 Å². The van der Waals surface area contributed by atoms with Gasteiger partial charge in [0.05, 0.1) is 11.1 Å². The molecular formula is C17H18N4O3S. The lowest BCUT2D eigenvalue weighted by molar-refractivity contribution is -0.121. The second-order valence-corrected chi connectivity index (χ2v) is 7.12. The van der Waals surface area contributed by atoms with Gasteiger partial charge >= 0.3 is 0 Å². The van der Waals surface area contributed by atoms with E-state index in [1.807, 2.05) is 6.92 Å². The molecule has 130 valence electrons. The van der Waals surface area contributed by atoms with Crippen LogP contribution in [-0.2, 0) is 11.2 Å². The Hall–Kier alpha value is -2.61. The first-order valence-electron chi connectivity index (χ1n) is 8.04. The van der Waals surface area contributed by atoms with Crippen LogP contribution in [0, 0.1) is 5.92 Å². The zero-order valence-electron chi connectivity index (χ0n) is 14.1. The molecule has 0 saturated heterocycles. The third kappa shape index (κ3) is 3.05. The third-order valence-electron chi connectivity index (χ3n) is 4.00. The maximum atomic E-state index is 12.8. The number of aromatic nitrogens is 2. The Kier molecular flexibility index (Phi) is 4.63. The zero-order valence-corrected chi connectivity index (χ0v) is 15.0. The predicted octanol–water partition coefficient (Wildman–Crippen LogP) is 2.36. The van der Waals surface area contributed by atoms with Gasteiger partial charge in [-0.25, -0.2) is 0 Å². The SMILES string of the molecule is CCc1nnc(NC(=O)C(C(C)C)N2C(=O)c3ccccc3C2=O)s1. The van der Waals surface area contributed by atoms with Crippen molar-refractivity contribution in [3.63, 3.8) is 0 Å². The number of aryl methyl sites for hydroxylation is 1. The molecule has 3 rings (SSSR count). The van der Waals surface area contributed by atoms with Gasteiger partial charge in [-0.2, -0.15) is 0 Å². The van der Waals surface area contributed by atoms with E-state index >= 15 is 0 Å². The maximum absolute atomic E-state index is 12.8. The van der Waals surface area contributed by atoms with Crippen LogP contribution in [0.1, 0.15) is 46.5 Å². The number of hydrogen-bond acceptors (Lipinski definition) is 6. The van der Waals surface area contributed by atoms with Crippen LogP contribution >= 0.6 is 11.3 Å². The van der Waals surface area contributed by atoms with Crippen LogP contribution < -0.4 is 5.32 Å². The van der Waals surface area contributed by atoms with Crippen molar-refractivity contribution in [1.82, 2.24) is 15.1 Å². The molecule has 25 heavy (non-hydrogen) atoms. The number of fused-ring (bicyclic) bond motifs is 1. The minimum Gasteiger partial charge on any atom is -0.299 e. The Morgan fingerprint density at radius 2 is 1.76 bits per heavy atom. The molecule has 2 heterocycles. The van der Waals surface area contributed by atoms with E-state index in [1.54, 1.807) is 38.1 Å². The number of nitrogens with zero attached hydrogens (tertiary/aromatic N) is 3. The van der Waals surface area contributed by atoms with Crippen molar-refractivity contribution in [2.24, 2.45) is 5.92 Å². The van der Waals surface area contributed by atoms with E-state index in [4.69, 9.17) is 0 Å². The minimum absolute atomic E-state index is 0.249. The molecule has 3 amide bonds. The van der Waals surface area contributed by atoms with E-state index in [-0.39, 0.29) is 5.92 Å². The maximum Gasteiger partial charge on any atom is 0.262 e. The first-order valence-corrected chi connectivity index (χ1v) is 8.85. The highest BCUT2D eigenvalue weighted by molar-refractivity contribution is 7.15. The highest BCUT2D eigenvalue weighted by atomic mass is 32.1. The van der Waals surface area contributed by atoms with Crippen molar-refractivity contribution >= 4 is 34.2 Å². The molecule has 1 atom stereocenters. The molecule has 1 unspecified atom stereocenters. The van der Waals surface area contributed by atoms with E-state index in [9.17, 15) is 14.4 Å². The van der Waals surface area contributed by atoms with Gasteiger partial charge in [-0.15, -0.1) is 10.2 Å². The molecule has 1 N–H and O–H groups in total. The summed E-state index contributed by atoms with van der Waals surface area (Å²) < 4.78 is 0. The Bertz CT molecular complexity index is 811. The van der Waals surface area contributed by atoms with Crippen molar-refractivity contribution in [2.45, 2.75) is 33.2 Å². The number of carbonyl (C=O) groups excluding carboxylic acids is 3. The van der Waals surface area contributed by atoms with E-state index in [1.165, 1.54) is 11.3 Å². The fraction of sp³-hybridized carbons (Fsp3) is 0.353. The molecule has 8 heteroatoms. The van der Waals surface area contributed by atoms with Crippen LogP contribution in [0.15, 0.2) is 24.3 Å². The Morgan fingerprint density at radius 1 is 1.16 bits per heavy atom. The smallest absolute Gasteiger partial charge is 0.262 e. The number of carbonyl (C=O) groups is 3. The van der Waals surface area contributed by atoms with Crippen molar-refractivity contribution in [1.29, 1.82) is 0 Å². The van der Waals surface area contributed by atoms with Crippen LogP contribution in [0.4, 0.5) is 5.13 Å². The van der Waals surface area contributed by atoms with Crippen LogP contribution in [0.3, 0.4) is 0 Å². The summed E-state index contributed by atoms with van der Waals surface area (Å²) in [5, 5.41) is 11.7. The van der Waals surface area contributed by atoms with Crippen LogP contribution in [0.2, 0.25) is 0 Å². The summed E-state index contributed by atoms with van der Waals surface area (Å²) in [6.45, 7) is 5.54. The average Bonchev–Trinajstić information content (AvgIpc) is 3.13. The zero-order chi connectivity index (χ0) is 18.1. The Morgan fingerprint density at radius 3 is 2.24 bits per heavy atom. The molecule has 0 spiro atoms. The first kappa shape index (κ1) is 17.2. The number of hydrogen-bond donors (Lipinski definition) is 1. The Labute approximate surface area is 149 Å². The monoisotopic (exact) mass is 358 g/mol. The molecular weight excluding hydrogens is 340 g/mol. The largest absolute Gasteiger partial charge is 0.299 e. The molecule has 1 aliphatic rings. The van der Waals surface area contributed by atoms with E-state index in [0.717, 1.165) is 16.3 Å². The molecule has 0 fully saturated rings. The lowest BCUT2D eigenvalue weighted by atomic mass is 10.0. The topological polar surface area (TPSA) is 92.3 Å². The lowest BCUT2D eigenvalue weighted by Crippen LogP contribution is -2.50. The van der Waals surface area contributed by atoms with Gasteiger partial charge in [-0.1, -0.05) is 44.2 Å². The van der Waals surface area contributed by atoms with E-state index < -0.39 is 23.8 Å². The lowest BCUT2D eigenvalue weighted by Gasteiger charge is -2.27. The first-order chi connectivity index (χ1) is 11.9. The third-order valence-corrected chi connectivity index (χ3v) is 4.99.